The van der Waals surface area contributed by atoms with E-state index in [2.05, 4.69) is 6.58 Å². The fourth-order valence-corrected chi connectivity index (χ4v) is 3.67. The predicted molar refractivity (Wildman–Crippen MR) is 87.1 cm³/mol. The van der Waals surface area contributed by atoms with Gasteiger partial charge >= 0.3 is 5.97 Å². The number of sulfonamides is 1. The van der Waals surface area contributed by atoms with Crippen LogP contribution in [0.1, 0.15) is 33.6 Å². The van der Waals surface area contributed by atoms with Crippen molar-refractivity contribution in [3.05, 3.63) is 12.0 Å². The highest BCUT2D eigenvalue weighted by atomic mass is 32.2. The molecule has 1 atom stereocenters. The molecule has 0 spiro atoms. The summed E-state index contributed by atoms with van der Waals surface area (Å²) in [5.74, 6) is -1.92. The second kappa shape index (κ2) is 7.00. The number of piperidine rings is 1. The number of carboxylic acid groups (broad SMARTS) is 1. The standard InChI is InChI=1S/C15H26N2O5S/c1-6-23(21,22)17-9-7-12(8-10-17)13(18)16(5)15(4,11(2)3)14(19)20/h6,11-12H,1,7-10H2,2-5H3,(H,19,20). The summed E-state index contributed by atoms with van der Waals surface area (Å²) in [6.07, 6.45) is 0.758. The van der Waals surface area contributed by atoms with Gasteiger partial charge in [-0.3, -0.25) is 4.79 Å². The van der Waals surface area contributed by atoms with E-state index >= 15 is 0 Å². The van der Waals surface area contributed by atoms with Crippen LogP contribution in [-0.4, -0.2) is 60.3 Å². The largest absolute Gasteiger partial charge is 0.479 e. The molecule has 1 amide bonds. The Morgan fingerprint density at radius 2 is 1.83 bits per heavy atom. The monoisotopic (exact) mass is 346 g/mol. The fraction of sp³-hybridized carbons (Fsp3) is 0.733. The number of hydrogen-bond donors (Lipinski definition) is 1. The SMILES string of the molecule is C=CS(=O)(=O)N1CCC(C(=O)N(C)C(C)(C(=O)O)C(C)C)CC1. The molecule has 0 saturated carbocycles. The molecular formula is C15H26N2O5S. The second-order valence-electron chi connectivity index (χ2n) is 6.39. The lowest BCUT2D eigenvalue weighted by Crippen LogP contribution is -2.58. The van der Waals surface area contributed by atoms with Crippen LogP contribution in [0.4, 0.5) is 0 Å². The number of likely N-dealkylation sites (N-methyl/N-ethyl adjacent to an activating group) is 1. The zero-order valence-electron chi connectivity index (χ0n) is 14.2. The number of carboxylic acids is 1. The zero-order valence-corrected chi connectivity index (χ0v) is 15.0. The van der Waals surface area contributed by atoms with E-state index in [-0.39, 0.29) is 30.8 Å². The van der Waals surface area contributed by atoms with Gasteiger partial charge in [-0.1, -0.05) is 20.4 Å². The Bertz CT molecular complexity index is 579. The van der Waals surface area contributed by atoms with E-state index in [9.17, 15) is 23.1 Å². The Hall–Kier alpha value is -1.41. The lowest BCUT2D eigenvalue weighted by Gasteiger charge is -2.41. The second-order valence-corrected chi connectivity index (χ2v) is 8.27. The quantitative estimate of drug-likeness (QED) is 0.778. The van der Waals surface area contributed by atoms with Crippen molar-refractivity contribution >= 4 is 21.9 Å². The number of nitrogens with zero attached hydrogens (tertiary/aromatic N) is 2. The van der Waals surface area contributed by atoms with Crippen molar-refractivity contribution in [1.82, 2.24) is 9.21 Å². The van der Waals surface area contributed by atoms with Gasteiger partial charge in [0.05, 0.1) is 0 Å². The smallest absolute Gasteiger partial charge is 0.329 e. The summed E-state index contributed by atoms with van der Waals surface area (Å²) in [4.78, 5) is 25.6. The fourth-order valence-electron chi connectivity index (χ4n) is 2.74. The number of amides is 1. The Labute approximate surface area is 138 Å². The number of carbonyl (C=O) groups is 2. The maximum absolute atomic E-state index is 12.7. The first-order valence-corrected chi connectivity index (χ1v) is 9.12. The van der Waals surface area contributed by atoms with Gasteiger partial charge in [0, 0.05) is 31.5 Å². The average Bonchev–Trinajstić information content (AvgIpc) is 2.52. The van der Waals surface area contributed by atoms with E-state index in [1.807, 2.05) is 0 Å². The lowest BCUT2D eigenvalue weighted by atomic mass is 9.85. The number of hydrogen-bond acceptors (Lipinski definition) is 4. The van der Waals surface area contributed by atoms with Gasteiger partial charge in [-0.05, 0) is 25.7 Å². The minimum absolute atomic E-state index is 0.240. The van der Waals surface area contributed by atoms with Crippen LogP contribution in [0, 0.1) is 11.8 Å². The summed E-state index contributed by atoms with van der Waals surface area (Å²) in [6.45, 7) is 8.83. The van der Waals surface area contributed by atoms with Crippen LogP contribution in [0.25, 0.3) is 0 Å². The molecule has 0 bridgehead atoms. The van der Waals surface area contributed by atoms with Crippen molar-refractivity contribution in [2.75, 3.05) is 20.1 Å². The van der Waals surface area contributed by atoms with Crippen molar-refractivity contribution in [3.8, 4) is 0 Å². The normalized spacial score (nSPS) is 20.0. The molecule has 1 fully saturated rings. The molecule has 1 rings (SSSR count). The lowest BCUT2D eigenvalue weighted by molar-refractivity contribution is -0.162. The molecule has 1 aliphatic heterocycles. The van der Waals surface area contributed by atoms with Crippen LogP contribution >= 0.6 is 0 Å². The molecule has 7 nitrogen and oxygen atoms in total. The van der Waals surface area contributed by atoms with Crippen molar-refractivity contribution < 1.29 is 23.1 Å². The van der Waals surface area contributed by atoms with Crippen LogP contribution in [0.15, 0.2) is 12.0 Å². The highest BCUT2D eigenvalue weighted by Gasteiger charge is 2.45. The van der Waals surface area contributed by atoms with Gasteiger partial charge in [0.2, 0.25) is 15.9 Å². The first-order chi connectivity index (χ1) is 10.5. The van der Waals surface area contributed by atoms with Crippen LogP contribution in [0.3, 0.4) is 0 Å². The van der Waals surface area contributed by atoms with Gasteiger partial charge < -0.3 is 10.0 Å². The third-order valence-electron chi connectivity index (χ3n) is 4.96. The molecule has 8 heteroatoms. The number of aliphatic carboxylic acids is 1. The van der Waals surface area contributed by atoms with Crippen LogP contribution in [0.5, 0.6) is 0 Å². The van der Waals surface area contributed by atoms with Gasteiger partial charge in [-0.15, -0.1) is 0 Å². The van der Waals surface area contributed by atoms with E-state index in [0.29, 0.717) is 12.8 Å². The highest BCUT2D eigenvalue weighted by Crippen LogP contribution is 2.29. The maximum atomic E-state index is 12.7. The third kappa shape index (κ3) is 3.74. The number of carbonyl (C=O) groups excluding carboxylic acids is 1. The van der Waals surface area contributed by atoms with Gasteiger partial charge in [-0.2, -0.15) is 4.31 Å². The van der Waals surface area contributed by atoms with E-state index in [4.69, 9.17) is 0 Å². The molecule has 1 aliphatic rings. The molecule has 0 aliphatic carbocycles. The van der Waals surface area contributed by atoms with E-state index in [0.717, 1.165) is 5.41 Å². The molecule has 0 radical (unpaired) electrons. The van der Waals surface area contributed by atoms with Crippen molar-refractivity contribution in [2.45, 2.75) is 39.2 Å². The van der Waals surface area contributed by atoms with Crippen LogP contribution in [0.2, 0.25) is 0 Å². The van der Waals surface area contributed by atoms with Crippen LogP contribution in [-0.2, 0) is 19.6 Å². The van der Waals surface area contributed by atoms with E-state index in [1.54, 1.807) is 13.8 Å². The summed E-state index contributed by atoms with van der Waals surface area (Å²) >= 11 is 0. The van der Waals surface area contributed by atoms with Gasteiger partial charge in [-0.25, -0.2) is 13.2 Å². The third-order valence-corrected chi connectivity index (χ3v) is 6.46. The average molecular weight is 346 g/mol. The zero-order chi connectivity index (χ0) is 18.0. The minimum atomic E-state index is -3.47. The molecular weight excluding hydrogens is 320 g/mol. The summed E-state index contributed by atoms with van der Waals surface area (Å²) in [5.41, 5.74) is -1.29. The van der Waals surface area contributed by atoms with Crippen LogP contribution < -0.4 is 0 Å². The van der Waals surface area contributed by atoms with Crippen molar-refractivity contribution in [1.29, 1.82) is 0 Å². The molecule has 0 aromatic rings. The van der Waals surface area contributed by atoms with Gasteiger partial charge in [0.15, 0.2) is 0 Å². The predicted octanol–water partition coefficient (Wildman–Crippen LogP) is 1.13. The summed E-state index contributed by atoms with van der Waals surface area (Å²) in [5, 5.41) is 10.4. The Morgan fingerprint density at radius 3 is 2.17 bits per heavy atom. The first kappa shape index (κ1) is 19.6. The molecule has 1 unspecified atom stereocenters. The van der Waals surface area contributed by atoms with E-state index < -0.39 is 21.5 Å². The molecule has 1 heterocycles. The van der Waals surface area contributed by atoms with Gasteiger partial charge in [0.25, 0.3) is 0 Å². The Balaban J connectivity index is 2.84. The summed E-state index contributed by atoms with van der Waals surface area (Å²) in [7, 11) is -1.96. The van der Waals surface area contributed by atoms with Crippen molar-refractivity contribution in [3.63, 3.8) is 0 Å². The van der Waals surface area contributed by atoms with Crippen molar-refractivity contribution in [2.24, 2.45) is 11.8 Å². The Kier molecular flexibility index (Phi) is 5.98. The molecule has 132 valence electrons. The first-order valence-electron chi connectivity index (χ1n) is 7.62. The maximum Gasteiger partial charge on any atom is 0.329 e. The number of rotatable bonds is 6. The summed E-state index contributed by atoms with van der Waals surface area (Å²) in [6, 6.07) is 0. The summed E-state index contributed by atoms with van der Waals surface area (Å²) < 4.78 is 24.8. The molecule has 0 aromatic carbocycles. The topological polar surface area (TPSA) is 95.0 Å². The highest BCUT2D eigenvalue weighted by molar-refractivity contribution is 7.92. The Morgan fingerprint density at radius 1 is 1.35 bits per heavy atom. The minimum Gasteiger partial charge on any atom is -0.479 e. The molecule has 1 saturated heterocycles. The van der Waals surface area contributed by atoms with Gasteiger partial charge in [0.1, 0.15) is 5.54 Å². The molecule has 0 aromatic heterocycles. The molecule has 1 N–H and O–H groups in total. The molecule has 23 heavy (non-hydrogen) atoms. The van der Waals surface area contributed by atoms with E-state index in [1.165, 1.54) is 23.2 Å².